The molecule has 3 aliphatic carbocycles. The van der Waals surface area contributed by atoms with Gasteiger partial charge >= 0.3 is 0 Å². The minimum Gasteiger partial charge on any atom is -0.292 e. The quantitative estimate of drug-likeness (QED) is 0.183. The molecule has 4 aliphatic rings. The van der Waals surface area contributed by atoms with Gasteiger partial charge in [-0.1, -0.05) is 83.3 Å². The molecule has 42 heavy (non-hydrogen) atoms. The zero-order chi connectivity index (χ0) is 29.3. The summed E-state index contributed by atoms with van der Waals surface area (Å²) in [5.74, 6) is -4.47. The molecule has 1 heterocycles. The summed E-state index contributed by atoms with van der Waals surface area (Å²) in [6, 6.07) is 26.2. The van der Waals surface area contributed by atoms with E-state index in [-0.39, 0.29) is 28.0 Å². The third-order valence-corrected chi connectivity index (χ3v) is 9.32. The van der Waals surface area contributed by atoms with E-state index in [1.807, 2.05) is 48.5 Å². The standard InChI is InChI=1S/C33H21Cl3N2O4/c34-18-11-9-17(10-12-18)26(39)16-37(31(40)24-14-13-19(35)15-25(24)36)38-32(41)29-27-20-5-1-2-6-21(20)28(30(29)33(38)42)23-8-4-3-7-22(23)27/h1-15,27-30H,16H2/t27?,28?,29-,30+. The number of Topliss-reactive ketones (excluding diaryl/α,β-unsaturated/α-hetero) is 1. The van der Waals surface area contributed by atoms with E-state index in [0.29, 0.717) is 10.0 Å². The Morgan fingerprint density at radius 3 is 1.62 bits per heavy atom. The second-order valence-electron chi connectivity index (χ2n) is 10.7. The highest BCUT2D eigenvalue weighted by Gasteiger charge is 2.63. The molecule has 208 valence electrons. The fourth-order valence-electron chi connectivity index (χ4n) is 6.80. The Morgan fingerprint density at radius 2 is 1.14 bits per heavy atom. The topological polar surface area (TPSA) is 74.8 Å². The zero-order valence-electron chi connectivity index (χ0n) is 21.8. The van der Waals surface area contributed by atoms with Crippen LogP contribution in [0.5, 0.6) is 0 Å². The van der Waals surface area contributed by atoms with Crippen LogP contribution in [-0.4, -0.2) is 40.1 Å². The molecule has 0 N–H and O–H groups in total. The molecular formula is C33H21Cl3N2O4. The Balaban J connectivity index is 1.34. The van der Waals surface area contributed by atoms with Crippen LogP contribution in [0.4, 0.5) is 0 Å². The molecule has 0 unspecified atom stereocenters. The van der Waals surface area contributed by atoms with Crippen molar-refractivity contribution in [1.29, 1.82) is 0 Å². The van der Waals surface area contributed by atoms with Crippen LogP contribution in [0, 0.1) is 11.8 Å². The molecule has 2 bridgehead atoms. The maximum absolute atomic E-state index is 14.4. The maximum Gasteiger partial charge on any atom is 0.274 e. The van der Waals surface area contributed by atoms with E-state index in [1.54, 1.807) is 12.1 Å². The highest BCUT2D eigenvalue weighted by atomic mass is 35.5. The molecule has 4 aromatic rings. The van der Waals surface area contributed by atoms with Gasteiger partial charge in [0.25, 0.3) is 17.7 Å². The molecule has 3 amide bonds. The smallest absolute Gasteiger partial charge is 0.274 e. The van der Waals surface area contributed by atoms with Crippen LogP contribution >= 0.6 is 34.8 Å². The Labute approximate surface area is 256 Å². The second-order valence-corrected chi connectivity index (χ2v) is 12.0. The monoisotopic (exact) mass is 614 g/mol. The van der Waals surface area contributed by atoms with Crippen LogP contribution in [0.2, 0.25) is 15.1 Å². The summed E-state index contributed by atoms with van der Waals surface area (Å²) in [6.07, 6.45) is 0. The lowest BCUT2D eigenvalue weighted by molar-refractivity contribution is -0.154. The van der Waals surface area contributed by atoms with Crippen molar-refractivity contribution < 1.29 is 19.2 Å². The number of carbonyl (C=O) groups is 4. The number of amides is 3. The summed E-state index contributed by atoms with van der Waals surface area (Å²) >= 11 is 18.5. The number of rotatable bonds is 5. The number of nitrogens with zero attached hydrogens (tertiary/aromatic N) is 2. The normalized spacial score (nSPS) is 21.5. The van der Waals surface area contributed by atoms with Crippen molar-refractivity contribution in [1.82, 2.24) is 10.0 Å². The first-order valence-corrected chi connectivity index (χ1v) is 14.5. The van der Waals surface area contributed by atoms with Gasteiger partial charge < -0.3 is 0 Å². The number of benzene rings is 4. The Bertz CT molecular complexity index is 1710. The van der Waals surface area contributed by atoms with Gasteiger partial charge in [0.2, 0.25) is 0 Å². The van der Waals surface area contributed by atoms with E-state index in [4.69, 9.17) is 34.8 Å². The van der Waals surface area contributed by atoms with Crippen molar-refractivity contribution in [2.24, 2.45) is 11.8 Å². The Kier molecular flexibility index (Phi) is 6.46. The van der Waals surface area contributed by atoms with E-state index in [2.05, 4.69) is 0 Å². The molecule has 0 saturated carbocycles. The Hall–Kier alpha value is -3.97. The number of halogens is 3. The molecule has 0 radical (unpaired) electrons. The summed E-state index contributed by atoms with van der Waals surface area (Å²) in [5.41, 5.74) is 4.29. The summed E-state index contributed by atoms with van der Waals surface area (Å²) in [7, 11) is 0. The molecule has 0 spiro atoms. The number of hydrogen-bond donors (Lipinski definition) is 0. The number of carbonyl (C=O) groups excluding carboxylic acids is 4. The van der Waals surface area contributed by atoms with E-state index in [9.17, 15) is 19.2 Å². The molecule has 6 nitrogen and oxygen atoms in total. The molecule has 2 atom stereocenters. The number of ketones is 1. The van der Waals surface area contributed by atoms with Crippen molar-refractivity contribution in [2.75, 3.05) is 6.54 Å². The van der Waals surface area contributed by atoms with E-state index in [0.717, 1.165) is 32.3 Å². The summed E-state index contributed by atoms with van der Waals surface area (Å²) < 4.78 is 0. The van der Waals surface area contributed by atoms with Gasteiger partial charge in [-0.25, -0.2) is 5.01 Å². The van der Waals surface area contributed by atoms with Crippen molar-refractivity contribution in [3.05, 3.63) is 139 Å². The van der Waals surface area contributed by atoms with Crippen LogP contribution in [0.3, 0.4) is 0 Å². The first-order chi connectivity index (χ1) is 20.3. The molecule has 1 aliphatic heterocycles. The van der Waals surface area contributed by atoms with Crippen LogP contribution in [-0.2, 0) is 9.59 Å². The summed E-state index contributed by atoms with van der Waals surface area (Å²) in [5, 5.41) is 2.61. The van der Waals surface area contributed by atoms with Gasteiger partial charge in [0.05, 0.1) is 22.4 Å². The predicted octanol–water partition coefficient (Wildman–Crippen LogP) is 6.78. The molecule has 1 saturated heterocycles. The lowest BCUT2D eigenvalue weighted by atomic mass is 9.55. The fourth-order valence-corrected chi connectivity index (χ4v) is 7.41. The predicted molar refractivity (Wildman–Crippen MR) is 159 cm³/mol. The third kappa shape index (κ3) is 4.01. The lowest BCUT2D eigenvalue weighted by Gasteiger charge is -2.45. The van der Waals surface area contributed by atoms with Gasteiger partial charge in [0.15, 0.2) is 5.78 Å². The summed E-state index contributed by atoms with van der Waals surface area (Å²) in [6.45, 7) is -0.564. The fraction of sp³-hybridized carbons (Fsp3) is 0.152. The molecule has 8 rings (SSSR count). The van der Waals surface area contributed by atoms with Gasteiger partial charge in [0.1, 0.15) is 6.54 Å². The SMILES string of the molecule is O=C(CN(C(=O)c1ccc(Cl)cc1Cl)N1C(=O)[C@@H]2C3c4ccccc4C(c4ccccc43)[C@@H]2C1=O)c1ccc(Cl)cc1. The molecule has 0 aromatic heterocycles. The minimum absolute atomic E-state index is 0.00925. The van der Waals surface area contributed by atoms with E-state index >= 15 is 0 Å². The van der Waals surface area contributed by atoms with Crippen LogP contribution in [0.1, 0.15) is 54.8 Å². The van der Waals surface area contributed by atoms with Gasteiger partial charge in [0, 0.05) is 27.4 Å². The van der Waals surface area contributed by atoms with E-state index in [1.165, 1.54) is 30.3 Å². The average Bonchev–Trinajstić information content (AvgIpc) is 3.25. The van der Waals surface area contributed by atoms with E-state index < -0.39 is 41.9 Å². The zero-order valence-corrected chi connectivity index (χ0v) is 24.1. The second kappa shape index (κ2) is 10.1. The summed E-state index contributed by atoms with van der Waals surface area (Å²) in [4.78, 5) is 56.3. The van der Waals surface area contributed by atoms with Crippen molar-refractivity contribution in [2.45, 2.75) is 11.8 Å². The third-order valence-electron chi connectivity index (χ3n) is 8.52. The molecule has 4 aromatic carbocycles. The maximum atomic E-state index is 14.4. The highest BCUT2D eigenvalue weighted by Crippen LogP contribution is 2.61. The molecule has 9 heteroatoms. The van der Waals surface area contributed by atoms with Crippen LogP contribution in [0.15, 0.2) is 91.0 Å². The van der Waals surface area contributed by atoms with Crippen LogP contribution < -0.4 is 0 Å². The lowest BCUT2D eigenvalue weighted by Crippen LogP contribution is -2.52. The van der Waals surface area contributed by atoms with Gasteiger partial charge in [-0.15, -0.1) is 0 Å². The van der Waals surface area contributed by atoms with Gasteiger partial charge in [-0.2, -0.15) is 5.01 Å². The minimum atomic E-state index is -0.762. The van der Waals surface area contributed by atoms with Crippen molar-refractivity contribution >= 4 is 58.3 Å². The number of hydrazine groups is 1. The first kappa shape index (κ1) is 26.9. The van der Waals surface area contributed by atoms with Gasteiger partial charge in [-0.3, -0.25) is 19.2 Å². The molecule has 1 fully saturated rings. The number of imide groups is 1. The van der Waals surface area contributed by atoms with Crippen LogP contribution in [0.25, 0.3) is 0 Å². The largest absolute Gasteiger partial charge is 0.292 e. The number of hydrogen-bond acceptors (Lipinski definition) is 4. The molecular weight excluding hydrogens is 595 g/mol. The van der Waals surface area contributed by atoms with Gasteiger partial charge in [-0.05, 0) is 64.7 Å². The van der Waals surface area contributed by atoms with Crippen molar-refractivity contribution in [3.8, 4) is 0 Å². The average molecular weight is 616 g/mol. The first-order valence-electron chi connectivity index (χ1n) is 13.4. The Morgan fingerprint density at radius 1 is 0.667 bits per heavy atom. The highest BCUT2D eigenvalue weighted by molar-refractivity contribution is 6.37. The van der Waals surface area contributed by atoms with Crippen molar-refractivity contribution in [3.63, 3.8) is 0 Å².